The minimum absolute atomic E-state index is 0.115. The Bertz CT molecular complexity index is 918. The highest BCUT2D eigenvalue weighted by molar-refractivity contribution is 7.63. The SMILES string of the molecule is OC1CCC(Nc2nc(Cl)nc3cc(C4CCC(COP(O)CP(O)O)O4)ccc23)CC1. The normalized spacial score (nSPS) is 27.2. The molecule has 2 aromatic rings. The summed E-state index contributed by atoms with van der Waals surface area (Å²) in [6, 6.07) is 6.20. The van der Waals surface area contributed by atoms with Crippen LogP contribution in [0.15, 0.2) is 18.2 Å². The Balaban J connectivity index is 1.41. The number of benzene rings is 1. The molecule has 176 valence electrons. The molecule has 1 aliphatic heterocycles. The topological polar surface area (TPSA) is 137 Å². The summed E-state index contributed by atoms with van der Waals surface area (Å²) in [4.78, 5) is 36.4. The first-order valence-electron chi connectivity index (χ1n) is 10.7. The van der Waals surface area contributed by atoms with Gasteiger partial charge in [-0.2, -0.15) is 0 Å². The lowest BCUT2D eigenvalue weighted by Gasteiger charge is -2.27. The van der Waals surface area contributed by atoms with Gasteiger partial charge in [0.1, 0.15) is 5.82 Å². The molecule has 12 heteroatoms. The summed E-state index contributed by atoms with van der Waals surface area (Å²) in [5.74, 6) is 0.569. The van der Waals surface area contributed by atoms with E-state index in [9.17, 15) is 10.00 Å². The highest BCUT2D eigenvalue weighted by Gasteiger charge is 2.28. The third-order valence-electron chi connectivity index (χ3n) is 5.87. The van der Waals surface area contributed by atoms with Gasteiger partial charge in [0.05, 0.1) is 36.3 Å². The summed E-state index contributed by atoms with van der Waals surface area (Å²) >= 11 is 6.20. The number of halogens is 1. The van der Waals surface area contributed by atoms with Crippen LogP contribution in [0.3, 0.4) is 0 Å². The Hall–Kier alpha value is -0.730. The molecule has 0 radical (unpaired) electrons. The van der Waals surface area contributed by atoms with E-state index in [-0.39, 0.29) is 42.1 Å². The van der Waals surface area contributed by atoms with Crippen LogP contribution in [-0.4, -0.2) is 60.5 Å². The largest absolute Gasteiger partial charge is 0.393 e. The Kier molecular flexibility index (Phi) is 8.49. The zero-order valence-electron chi connectivity index (χ0n) is 17.5. The van der Waals surface area contributed by atoms with E-state index in [1.165, 1.54) is 0 Å². The van der Waals surface area contributed by atoms with Crippen LogP contribution in [0.25, 0.3) is 10.9 Å². The van der Waals surface area contributed by atoms with E-state index in [0.717, 1.165) is 55.0 Å². The Labute approximate surface area is 194 Å². The van der Waals surface area contributed by atoms with Crippen LogP contribution in [0.1, 0.15) is 50.2 Å². The van der Waals surface area contributed by atoms with Gasteiger partial charge in [0, 0.05) is 11.4 Å². The van der Waals surface area contributed by atoms with E-state index in [4.69, 9.17) is 30.6 Å². The minimum Gasteiger partial charge on any atom is -0.393 e. The van der Waals surface area contributed by atoms with Crippen molar-refractivity contribution in [3.8, 4) is 0 Å². The highest BCUT2D eigenvalue weighted by Crippen LogP contribution is 2.45. The van der Waals surface area contributed by atoms with Gasteiger partial charge in [-0.25, -0.2) is 9.97 Å². The lowest BCUT2D eigenvalue weighted by Crippen LogP contribution is -2.28. The first-order valence-corrected chi connectivity index (χ1v) is 13.9. The Morgan fingerprint density at radius 2 is 1.88 bits per heavy atom. The van der Waals surface area contributed by atoms with Crippen molar-refractivity contribution in [2.75, 3.05) is 17.8 Å². The molecule has 1 saturated carbocycles. The third-order valence-corrected chi connectivity index (χ3v) is 8.46. The van der Waals surface area contributed by atoms with Crippen LogP contribution >= 0.6 is 28.4 Å². The van der Waals surface area contributed by atoms with Crippen LogP contribution in [0.4, 0.5) is 5.82 Å². The van der Waals surface area contributed by atoms with Gasteiger partial charge in [-0.3, -0.25) is 0 Å². The number of hydrogen-bond acceptors (Lipinski definition) is 9. The fourth-order valence-corrected chi connectivity index (χ4v) is 5.94. The van der Waals surface area contributed by atoms with Gasteiger partial charge < -0.3 is 34.4 Å². The average Bonchev–Trinajstić information content (AvgIpc) is 3.22. The zero-order chi connectivity index (χ0) is 22.7. The second kappa shape index (κ2) is 11.1. The maximum Gasteiger partial charge on any atom is 0.224 e. The van der Waals surface area contributed by atoms with Crippen molar-refractivity contribution in [1.29, 1.82) is 0 Å². The molecule has 2 fully saturated rings. The summed E-state index contributed by atoms with van der Waals surface area (Å²) in [5, 5.41) is 14.3. The lowest BCUT2D eigenvalue weighted by atomic mass is 9.93. The third kappa shape index (κ3) is 6.44. The van der Waals surface area contributed by atoms with Gasteiger partial charge in [-0.1, -0.05) is 6.07 Å². The molecule has 1 aliphatic carbocycles. The number of aliphatic hydroxyl groups excluding tert-OH is 1. The summed E-state index contributed by atoms with van der Waals surface area (Å²) < 4.78 is 11.4. The maximum absolute atomic E-state index is 9.73. The zero-order valence-corrected chi connectivity index (χ0v) is 20.0. The number of nitrogens with zero attached hydrogens (tertiary/aromatic N) is 2. The fraction of sp³-hybridized carbons (Fsp3) is 0.600. The van der Waals surface area contributed by atoms with Crippen LogP contribution in [0.5, 0.6) is 0 Å². The van der Waals surface area contributed by atoms with E-state index in [0.29, 0.717) is 5.82 Å². The van der Waals surface area contributed by atoms with E-state index in [1.807, 2.05) is 18.2 Å². The molecule has 0 spiro atoms. The van der Waals surface area contributed by atoms with Gasteiger partial charge in [-0.05, 0) is 67.8 Å². The number of aromatic nitrogens is 2. The molecule has 0 bridgehead atoms. The molecule has 2 aliphatic rings. The smallest absolute Gasteiger partial charge is 0.224 e. The first-order chi connectivity index (χ1) is 15.4. The van der Waals surface area contributed by atoms with Gasteiger partial charge in [0.25, 0.3) is 0 Å². The van der Waals surface area contributed by atoms with Crippen molar-refractivity contribution in [3.05, 3.63) is 29.0 Å². The van der Waals surface area contributed by atoms with Crippen molar-refractivity contribution in [3.63, 3.8) is 0 Å². The monoisotopic (exact) mass is 503 g/mol. The number of nitrogens with one attached hydrogen (secondary N) is 1. The quantitative estimate of drug-likeness (QED) is 0.269. The number of hydrogen-bond donors (Lipinski definition) is 5. The first kappa shape index (κ1) is 24.4. The number of anilines is 1. The van der Waals surface area contributed by atoms with E-state index in [1.54, 1.807) is 0 Å². The van der Waals surface area contributed by atoms with Crippen molar-refractivity contribution >= 4 is 45.1 Å². The number of fused-ring (bicyclic) bond motifs is 1. The lowest BCUT2D eigenvalue weighted by molar-refractivity contribution is 0.0178. The van der Waals surface area contributed by atoms with Gasteiger partial charge in [-0.15, -0.1) is 0 Å². The van der Waals surface area contributed by atoms with Crippen molar-refractivity contribution in [2.24, 2.45) is 0 Å². The Morgan fingerprint density at radius 1 is 1.09 bits per heavy atom. The fourth-order valence-electron chi connectivity index (χ4n) is 4.23. The molecule has 1 aromatic heterocycles. The average molecular weight is 504 g/mol. The highest BCUT2D eigenvalue weighted by atomic mass is 35.5. The summed E-state index contributed by atoms with van der Waals surface area (Å²) in [5.41, 5.74) is 1.73. The van der Waals surface area contributed by atoms with Crippen LogP contribution < -0.4 is 5.32 Å². The molecule has 32 heavy (non-hydrogen) atoms. The van der Waals surface area contributed by atoms with Gasteiger partial charge in [0.15, 0.2) is 16.8 Å². The van der Waals surface area contributed by atoms with Gasteiger partial charge >= 0.3 is 0 Å². The molecule has 1 saturated heterocycles. The molecular weight excluding hydrogens is 476 g/mol. The van der Waals surface area contributed by atoms with E-state index in [2.05, 4.69) is 15.3 Å². The molecule has 2 heterocycles. The molecule has 0 amide bonds. The number of ether oxygens (including phenoxy) is 1. The number of rotatable bonds is 8. The molecule has 9 nitrogen and oxygen atoms in total. The van der Waals surface area contributed by atoms with Gasteiger partial charge in [0.2, 0.25) is 5.28 Å². The van der Waals surface area contributed by atoms with E-state index >= 15 is 0 Å². The van der Waals surface area contributed by atoms with E-state index < -0.39 is 16.8 Å². The molecule has 1 aromatic carbocycles. The van der Waals surface area contributed by atoms with Crippen molar-refractivity contribution in [1.82, 2.24) is 9.97 Å². The molecule has 3 atom stereocenters. The molecule has 5 N–H and O–H groups in total. The van der Waals surface area contributed by atoms with Crippen LogP contribution in [0.2, 0.25) is 5.28 Å². The van der Waals surface area contributed by atoms with Crippen LogP contribution in [0, 0.1) is 0 Å². The maximum atomic E-state index is 9.73. The van der Waals surface area contributed by atoms with Crippen molar-refractivity contribution < 1.29 is 29.0 Å². The van der Waals surface area contributed by atoms with Crippen LogP contribution in [-0.2, 0) is 9.26 Å². The standard InChI is InChI=1S/C20H28ClN3O6P2/c21-20-23-17-9-12(18-8-6-15(30-18)10-29-32(28)11-31(26)27)1-7-16(17)19(24-20)22-13-2-4-14(25)5-3-13/h1,7,9,13-15,18,25-28H,2-6,8,10-11H2,(H,22,23,24). The predicted molar refractivity (Wildman–Crippen MR) is 125 cm³/mol. The summed E-state index contributed by atoms with van der Waals surface area (Å²) in [7, 11) is -4.01. The predicted octanol–water partition coefficient (Wildman–Crippen LogP) is 3.79. The summed E-state index contributed by atoms with van der Waals surface area (Å²) in [6.45, 7) is 0.216. The summed E-state index contributed by atoms with van der Waals surface area (Å²) in [6.07, 6.45) is 4.43. The second-order valence-corrected chi connectivity index (χ2v) is 11.4. The Morgan fingerprint density at radius 3 is 2.62 bits per heavy atom. The molecule has 4 rings (SSSR count). The minimum atomic E-state index is -2.17. The number of aliphatic hydroxyl groups is 1. The second-order valence-electron chi connectivity index (χ2n) is 8.25. The van der Waals surface area contributed by atoms with Crippen molar-refractivity contribution in [2.45, 2.75) is 62.9 Å². The molecular formula is C20H28ClN3O6P2. The molecule has 3 unspecified atom stereocenters.